The molecule has 0 unspecified atom stereocenters. The summed E-state index contributed by atoms with van der Waals surface area (Å²) in [5.41, 5.74) is 1.27. The van der Waals surface area contributed by atoms with E-state index in [4.69, 9.17) is 4.74 Å². The minimum atomic E-state index is -0.386. The fourth-order valence-electron chi connectivity index (χ4n) is 2.18. The van der Waals surface area contributed by atoms with Gasteiger partial charge in [-0.1, -0.05) is 13.8 Å². The average molecular weight is 295 g/mol. The maximum absolute atomic E-state index is 11.8. The molecule has 20 heavy (non-hydrogen) atoms. The molecule has 1 aromatic rings. The molecule has 1 aromatic heterocycles. The lowest BCUT2D eigenvalue weighted by molar-refractivity contribution is -0.124. The molecule has 5 heteroatoms. The molecule has 0 saturated carbocycles. The summed E-state index contributed by atoms with van der Waals surface area (Å²) in [7, 11) is 0. The number of carbonyl (C=O) groups is 2. The van der Waals surface area contributed by atoms with Crippen LogP contribution >= 0.6 is 11.3 Å². The van der Waals surface area contributed by atoms with Crippen LogP contribution in [0.15, 0.2) is 6.07 Å². The summed E-state index contributed by atoms with van der Waals surface area (Å²) in [4.78, 5) is 25.3. The molecule has 1 aliphatic rings. The smallest absolute Gasteiger partial charge is 0.348 e. The van der Waals surface area contributed by atoms with E-state index in [0.29, 0.717) is 17.3 Å². The van der Waals surface area contributed by atoms with Crippen molar-refractivity contribution in [2.45, 2.75) is 39.5 Å². The summed E-state index contributed by atoms with van der Waals surface area (Å²) < 4.78 is 5.04. The Kier molecular flexibility index (Phi) is 5.17. The Hall–Kier alpha value is -1.36. The zero-order valence-electron chi connectivity index (χ0n) is 12.0. The van der Waals surface area contributed by atoms with E-state index in [9.17, 15) is 9.59 Å². The van der Waals surface area contributed by atoms with Crippen molar-refractivity contribution in [3.63, 3.8) is 0 Å². The highest BCUT2D eigenvalue weighted by Gasteiger charge is 2.19. The van der Waals surface area contributed by atoms with Gasteiger partial charge in [0.2, 0.25) is 0 Å². The molecule has 110 valence electrons. The molecule has 0 saturated heterocycles. The Bertz CT molecular complexity index is 472. The van der Waals surface area contributed by atoms with Crippen LogP contribution in [0.25, 0.3) is 0 Å². The highest BCUT2D eigenvalue weighted by Crippen LogP contribution is 2.30. The standard InChI is InChI=1S/C15H21NO3S/c1-10(2)6-7-16-14(17)9-19-15(18)13-8-11-4-3-5-12(11)20-13/h8,10H,3-7,9H2,1-2H3,(H,16,17). The van der Waals surface area contributed by atoms with E-state index in [1.807, 2.05) is 6.07 Å². The summed E-state index contributed by atoms with van der Waals surface area (Å²) in [5, 5.41) is 2.75. The maximum Gasteiger partial charge on any atom is 0.348 e. The number of carbonyl (C=O) groups excluding carboxylic acids is 2. The van der Waals surface area contributed by atoms with Gasteiger partial charge in [0.15, 0.2) is 6.61 Å². The second-order valence-electron chi connectivity index (χ2n) is 5.52. The second-order valence-corrected chi connectivity index (χ2v) is 6.66. The summed E-state index contributed by atoms with van der Waals surface area (Å²) >= 11 is 1.50. The molecule has 0 fully saturated rings. The Morgan fingerprint density at radius 3 is 2.90 bits per heavy atom. The van der Waals surface area contributed by atoms with Crippen LogP contribution in [-0.2, 0) is 22.4 Å². The van der Waals surface area contributed by atoms with E-state index in [-0.39, 0.29) is 18.5 Å². The summed E-state index contributed by atoms with van der Waals surface area (Å²) in [5.74, 6) is -0.0714. The minimum absolute atomic E-state index is 0.195. The third-order valence-electron chi connectivity index (χ3n) is 3.33. The highest BCUT2D eigenvalue weighted by molar-refractivity contribution is 7.14. The van der Waals surface area contributed by atoms with Crippen molar-refractivity contribution < 1.29 is 14.3 Å². The van der Waals surface area contributed by atoms with Gasteiger partial charge in [0.05, 0.1) is 0 Å². The number of aryl methyl sites for hydroxylation is 2. The quantitative estimate of drug-likeness (QED) is 0.821. The number of thiophene rings is 1. The molecule has 1 aliphatic carbocycles. The lowest BCUT2D eigenvalue weighted by Crippen LogP contribution is -2.30. The lowest BCUT2D eigenvalue weighted by atomic mass is 10.1. The van der Waals surface area contributed by atoms with Gasteiger partial charge in [0.25, 0.3) is 5.91 Å². The number of ether oxygens (including phenoxy) is 1. The summed E-state index contributed by atoms with van der Waals surface area (Å²) in [6.45, 7) is 4.63. The van der Waals surface area contributed by atoms with Gasteiger partial charge >= 0.3 is 5.97 Å². The number of esters is 1. The zero-order valence-corrected chi connectivity index (χ0v) is 12.8. The van der Waals surface area contributed by atoms with Crippen molar-refractivity contribution in [2.75, 3.05) is 13.2 Å². The van der Waals surface area contributed by atoms with Crippen LogP contribution in [-0.4, -0.2) is 25.0 Å². The molecule has 2 rings (SSSR count). The van der Waals surface area contributed by atoms with Crippen LogP contribution in [0, 0.1) is 5.92 Å². The number of hydrogen-bond acceptors (Lipinski definition) is 4. The molecule has 0 spiro atoms. The largest absolute Gasteiger partial charge is 0.451 e. The van der Waals surface area contributed by atoms with Gasteiger partial charge in [-0.25, -0.2) is 4.79 Å². The van der Waals surface area contributed by atoms with Crippen LogP contribution in [0.3, 0.4) is 0 Å². The van der Waals surface area contributed by atoms with Crippen molar-refractivity contribution in [3.8, 4) is 0 Å². The molecule has 0 aliphatic heterocycles. The SMILES string of the molecule is CC(C)CCNC(=O)COC(=O)c1cc2c(s1)CCC2. The first-order valence-corrected chi connectivity index (χ1v) is 7.93. The van der Waals surface area contributed by atoms with Gasteiger partial charge in [0, 0.05) is 11.4 Å². The zero-order chi connectivity index (χ0) is 14.5. The van der Waals surface area contributed by atoms with E-state index in [0.717, 1.165) is 19.3 Å². The van der Waals surface area contributed by atoms with E-state index >= 15 is 0 Å². The predicted molar refractivity (Wildman–Crippen MR) is 79.1 cm³/mol. The van der Waals surface area contributed by atoms with Crippen molar-refractivity contribution >= 4 is 23.2 Å². The van der Waals surface area contributed by atoms with Gasteiger partial charge in [-0.05, 0) is 43.2 Å². The predicted octanol–water partition coefficient (Wildman–Crippen LogP) is 2.56. The third-order valence-corrected chi connectivity index (χ3v) is 4.54. The first-order valence-electron chi connectivity index (χ1n) is 7.11. The number of nitrogens with one attached hydrogen (secondary N) is 1. The van der Waals surface area contributed by atoms with Crippen molar-refractivity contribution in [1.82, 2.24) is 5.32 Å². The molecule has 0 aromatic carbocycles. The topological polar surface area (TPSA) is 55.4 Å². The Balaban J connectivity index is 1.73. The number of amides is 1. The van der Waals surface area contributed by atoms with E-state index in [1.165, 1.54) is 28.2 Å². The Labute approximate surface area is 123 Å². The van der Waals surface area contributed by atoms with E-state index < -0.39 is 0 Å². The van der Waals surface area contributed by atoms with Crippen LogP contribution in [0.2, 0.25) is 0 Å². The third kappa shape index (κ3) is 4.07. The number of fused-ring (bicyclic) bond motifs is 1. The van der Waals surface area contributed by atoms with Crippen molar-refractivity contribution in [1.29, 1.82) is 0 Å². The minimum Gasteiger partial charge on any atom is -0.451 e. The molecule has 1 N–H and O–H groups in total. The lowest BCUT2D eigenvalue weighted by Gasteiger charge is -2.07. The molecule has 0 radical (unpaired) electrons. The van der Waals surface area contributed by atoms with Crippen LogP contribution in [0.4, 0.5) is 0 Å². The Morgan fingerprint density at radius 2 is 2.20 bits per heavy atom. The molecule has 0 bridgehead atoms. The Morgan fingerprint density at radius 1 is 1.40 bits per heavy atom. The monoisotopic (exact) mass is 295 g/mol. The summed E-state index contributed by atoms with van der Waals surface area (Å²) in [6, 6.07) is 1.91. The first-order chi connectivity index (χ1) is 9.56. The van der Waals surface area contributed by atoms with Gasteiger partial charge in [-0.15, -0.1) is 11.3 Å². The molecule has 0 atom stereocenters. The van der Waals surface area contributed by atoms with Crippen molar-refractivity contribution in [2.24, 2.45) is 5.92 Å². The van der Waals surface area contributed by atoms with E-state index in [2.05, 4.69) is 19.2 Å². The van der Waals surface area contributed by atoms with Crippen LogP contribution < -0.4 is 5.32 Å². The molecule has 4 nitrogen and oxygen atoms in total. The van der Waals surface area contributed by atoms with Crippen molar-refractivity contribution in [3.05, 3.63) is 21.4 Å². The number of hydrogen-bond donors (Lipinski definition) is 1. The molecular formula is C15H21NO3S. The molecule has 1 amide bonds. The van der Waals surface area contributed by atoms with Crippen LogP contribution in [0.1, 0.15) is 46.8 Å². The highest BCUT2D eigenvalue weighted by atomic mass is 32.1. The fraction of sp³-hybridized carbons (Fsp3) is 0.600. The molecular weight excluding hydrogens is 274 g/mol. The second kappa shape index (κ2) is 6.88. The van der Waals surface area contributed by atoms with Crippen LogP contribution in [0.5, 0.6) is 0 Å². The first kappa shape index (κ1) is 15.0. The fourth-order valence-corrected chi connectivity index (χ4v) is 3.33. The number of rotatable bonds is 6. The molecule has 1 heterocycles. The van der Waals surface area contributed by atoms with Gasteiger partial charge in [-0.2, -0.15) is 0 Å². The van der Waals surface area contributed by atoms with E-state index in [1.54, 1.807) is 0 Å². The van der Waals surface area contributed by atoms with Gasteiger partial charge in [-0.3, -0.25) is 4.79 Å². The van der Waals surface area contributed by atoms with Gasteiger partial charge in [0.1, 0.15) is 4.88 Å². The maximum atomic E-state index is 11.8. The summed E-state index contributed by atoms with van der Waals surface area (Å²) in [6.07, 6.45) is 4.21. The van der Waals surface area contributed by atoms with Gasteiger partial charge < -0.3 is 10.1 Å². The normalized spacial score (nSPS) is 13.3. The average Bonchev–Trinajstić information content (AvgIpc) is 2.96.